The molecular weight excluding hydrogens is 417 g/mol. The van der Waals surface area contributed by atoms with Crippen molar-refractivity contribution in [2.45, 2.75) is 57.2 Å². The minimum Gasteiger partial charge on any atom is -0.340 e. The Hall–Kier alpha value is -2.83. The number of likely N-dealkylation sites (tertiary alicyclic amines) is 1. The van der Waals surface area contributed by atoms with E-state index >= 15 is 0 Å². The summed E-state index contributed by atoms with van der Waals surface area (Å²) in [7, 11) is 0. The van der Waals surface area contributed by atoms with Crippen LogP contribution in [-0.2, 0) is 27.6 Å². The Morgan fingerprint density at radius 2 is 1.81 bits per heavy atom. The summed E-state index contributed by atoms with van der Waals surface area (Å²) < 4.78 is 39.7. The topological polar surface area (TPSA) is 40.6 Å². The molecule has 2 aromatic rings. The molecule has 0 aromatic heterocycles. The van der Waals surface area contributed by atoms with Crippen LogP contribution in [0.2, 0.25) is 0 Å². The lowest BCUT2D eigenvalue weighted by atomic mass is 9.71. The summed E-state index contributed by atoms with van der Waals surface area (Å²) in [6.07, 6.45) is -3.35. The van der Waals surface area contributed by atoms with E-state index in [1.54, 1.807) is 11.0 Å². The summed E-state index contributed by atoms with van der Waals surface area (Å²) >= 11 is 0. The van der Waals surface area contributed by atoms with Crippen LogP contribution in [0.1, 0.15) is 49.8 Å². The molecule has 2 aliphatic rings. The predicted octanol–water partition coefficient (Wildman–Crippen LogP) is 4.95. The van der Waals surface area contributed by atoms with Crippen LogP contribution in [0.5, 0.6) is 0 Å². The molecule has 1 fully saturated rings. The van der Waals surface area contributed by atoms with Crippen LogP contribution in [-0.4, -0.2) is 35.8 Å². The van der Waals surface area contributed by atoms with Gasteiger partial charge >= 0.3 is 6.18 Å². The van der Waals surface area contributed by atoms with Crippen molar-refractivity contribution in [1.82, 2.24) is 4.90 Å². The number of rotatable bonds is 4. The fraction of sp³-hybridized carbons (Fsp3) is 0.440. The van der Waals surface area contributed by atoms with Gasteiger partial charge in [-0.15, -0.1) is 0 Å². The first kappa shape index (κ1) is 22.4. The van der Waals surface area contributed by atoms with Gasteiger partial charge in [0.25, 0.3) is 0 Å². The number of amides is 2. The number of hydrogen-bond acceptors (Lipinski definition) is 2. The fourth-order valence-corrected chi connectivity index (χ4v) is 5.37. The molecule has 2 heterocycles. The van der Waals surface area contributed by atoms with Crippen molar-refractivity contribution in [2.24, 2.45) is 0 Å². The van der Waals surface area contributed by atoms with Gasteiger partial charge in [0.1, 0.15) is 0 Å². The van der Waals surface area contributed by atoms with Crippen molar-refractivity contribution in [3.8, 4) is 0 Å². The Labute approximate surface area is 186 Å². The number of carbonyl (C=O) groups is 2. The number of carbonyl (C=O) groups excluding carboxylic acids is 2. The lowest BCUT2D eigenvalue weighted by Gasteiger charge is -2.43. The van der Waals surface area contributed by atoms with Crippen LogP contribution in [0.4, 0.5) is 18.9 Å². The third-order valence-electron chi connectivity index (χ3n) is 6.89. The maximum absolute atomic E-state index is 13.4. The van der Waals surface area contributed by atoms with Gasteiger partial charge in [-0.05, 0) is 56.4 Å². The van der Waals surface area contributed by atoms with Crippen molar-refractivity contribution in [3.05, 3.63) is 65.2 Å². The molecule has 0 bridgehead atoms. The van der Waals surface area contributed by atoms with Gasteiger partial charge in [0, 0.05) is 31.2 Å². The van der Waals surface area contributed by atoms with Crippen molar-refractivity contribution < 1.29 is 22.8 Å². The van der Waals surface area contributed by atoms with Gasteiger partial charge in [0.05, 0.1) is 11.0 Å². The molecule has 0 aliphatic carbocycles. The van der Waals surface area contributed by atoms with E-state index in [1.165, 1.54) is 12.1 Å². The molecule has 1 saturated heterocycles. The van der Waals surface area contributed by atoms with E-state index in [1.807, 2.05) is 43.0 Å². The van der Waals surface area contributed by atoms with E-state index in [2.05, 4.69) is 0 Å². The number of piperidine rings is 1. The molecule has 2 unspecified atom stereocenters. The van der Waals surface area contributed by atoms with Crippen LogP contribution < -0.4 is 4.90 Å². The van der Waals surface area contributed by atoms with E-state index in [4.69, 9.17) is 0 Å². The van der Waals surface area contributed by atoms with E-state index in [0.29, 0.717) is 25.9 Å². The smallest absolute Gasteiger partial charge is 0.340 e. The third kappa shape index (κ3) is 3.67. The zero-order valence-corrected chi connectivity index (χ0v) is 18.3. The Balaban J connectivity index is 1.48. The fourth-order valence-electron chi connectivity index (χ4n) is 5.37. The van der Waals surface area contributed by atoms with Gasteiger partial charge in [0.2, 0.25) is 11.8 Å². The normalized spacial score (nSPS) is 23.0. The van der Waals surface area contributed by atoms with E-state index in [9.17, 15) is 22.8 Å². The van der Waals surface area contributed by atoms with Crippen LogP contribution in [0.25, 0.3) is 0 Å². The number of alkyl halides is 3. The Morgan fingerprint density at radius 3 is 2.50 bits per heavy atom. The van der Waals surface area contributed by atoms with E-state index < -0.39 is 17.2 Å². The van der Waals surface area contributed by atoms with E-state index in [-0.39, 0.29) is 36.3 Å². The van der Waals surface area contributed by atoms with Crippen molar-refractivity contribution in [1.29, 1.82) is 0 Å². The molecule has 4 nitrogen and oxygen atoms in total. The SMILES string of the molecule is CCN1C(=O)C2(CCN(C(=O)CCc3ccccc3C(F)(F)F)C(C)C2)c2ccccc21. The number of anilines is 1. The number of benzene rings is 2. The minimum atomic E-state index is -4.44. The lowest BCUT2D eigenvalue weighted by molar-refractivity contribution is -0.140. The third-order valence-corrected chi connectivity index (χ3v) is 6.89. The standard InChI is InChI=1S/C25H27F3N2O2/c1-3-29-21-11-7-6-10-20(21)24(23(29)32)14-15-30(17(2)16-24)22(31)13-12-18-8-4-5-9-19(18)25(26,27)28/h4-11,17H,3,12-16H2,1-2H3. The van der Waals surface area contributed by atoms with Crippen LogP contribution in [0, 0.1) is 0 Å². The molecule has 170 valence electrons. The van der Waals surface area contributed by atoms with Crippen molar-refractivity contribution in [2.75, 3.05) is 18.0 Å². The molecule has 7 heteroatoms. The monoisotopic (exact) mass is 444 g/mol. The minimum absolute atomic E-state index is 0.00997. The summed E-state index contributed by atoms with van der Waals surface area (Å²) in [5, 5.41) is 0. The number of para-hydroxylation sites is 1. The molecule has 2 aliphatic heterocycles. The molecule has 32 heavy (non-hydrogen) atoms. The molecule has 4 rings (SSSR count). The van der Waals surface area contributed by atoms with Crippen molar-refractivity contribution >= 4 is 17.5 Å². The zero-order chi connectivity index (χ0) is 23.1. The molecule has 0 radical (unpaired) electrons. The highest BCUT2D eigenvalue weighted by Crippen LogP contribution is 2.49. The summed E-state index contributed by atoms with van der Waals surface area (Å²) in [5.74, 6) is -0.0883. The summed E-state index contributed by atoms with van der Waals surface area (Å²) in [6, 6.07) is 13.0. The Bertz CT molecular complexity index is 1040. The molecule has 0 N–H and O–H groups in total. The second-order valence-corrected chi connectivity index (χ2v) is 8.69. The highest BCUT2D eigenvalue weighted by atomic mass is 19.4. The first-order valence-corrected chi connectivity index (χ1v) is 11.0. The number of hydrogen-bond donors (Lipinski definition) is 0. The van der Waals surface area contributed by atoms with Gasteiger partial charge in [-0.2, -0.15) is 13.2 Å². The average molecular weight is 444 g/mol. The molecule has 2 atom stereocenters. The number of halogens is 3. The van der Waals surface area contributed by atoms with Crippen LogP contribution in [0.3, 0.4) is 0 Å². The Morgan fingerprint density at radius 1 is 1.12 bits per heavy atom. The van der Waals surface area contributed by atoms with Crippen LogP contribution in [0.15, 0.2) is 48.5 Å². The van der Waals surface area contributed by atoms with Gasteiger partial charge in [-0.1, -0.05) is 36.4 Å². The summed E-state index contributed by atoms with van der Waals surface area (Å²) in [5.41, 5.74) is 0.769. The average Bonchev–Trinajstić information content (AvgIpc) is 2.99. The second kappa shape index (κ2) is 8.26. The van der Waals surface area contributed by atoms with Gasteiger partial charge in [-0.25, -0.2) is 0 Å². The number of aryl methyl sites for hydroxylation is 1. The molecule has 0 saturated carbocycles. The number of fused-ring (bicyclic) bond motifs is 2. The first-order valence-electron chi connectivity index (χ1n) is 11.0. The van der Waals surface area contributed by atoms with Crippen LogP contribution >= 0.6 is 0 Å². The summed E-state index contributed by atoms with van der Waals surface area (Å²) in [6.45, 7) is 4.88. The molecule has 1 spiro atoms. The lowest BCUT2D eigenvalue weighted by Crippen LogP contribution is -2.54. The second-order valence-electron chi connectivity index (χ2n) is 8.69. The quantitative estimate of drug-likeness (QED) is 0.669. The highest BCUT2D eigenvalue weighted by Gasteiger charge is 2.53. The molecular formula is C25H27F3N2O2. The molecule has 2 amide bonds. The van der Waals surface area contributed by atoms with Gasteiger partial charge in [-0.3, -0.25) is 9.59 Å². The van der Waals surface area contributed by atoms with Gasteiger partial charge < -0.3 is 9.80 Å². The number of likely N-dealkylation sites (N-methyl/N-ethyl adjacent to an activating group) is 1. The highest BCUT2D eigenvalue weighted by molar-refractivity contribution is 6.08. The Kier molecular flexibility index (Phi) is 5.77. The predicted molar refractivity (Wildman–Crippen MR) is 116 cm³/mol. The zero-order valence-electron chi connectivity index (χ0n) is 18.3. The van der Waals surface area contributed by atoms with Crippen molar-refractivity contribution in [3.63, 3.8) is 0 Å². The van der Waals surface area contributed by atoms with Gasteiger partial charge in [0.15, 0.2) is 0 Å². The first-order chi connectivity index (χ1) is 15.2. The van der Waals surface area contributed by atoms with E-state index in [0.717, 1.165) is 17.3 Å². The molecule has 2 aromatic carbocycles. The maximum Gasteiger partial charge on any atom is 0.416 e. The maximum atomic E-state index is 13.4. The largest absolute Gasteiger partial charge is 0.416 e. The number of nitrogens with zero attached hydrogens (tertiary/aromatic N) is 2. The summed E-state index contributed by atoms with van der Waals surface area (Å²) in [4.78, 5) is 29.8.